The Bertz CT molecular complexity index is 512. The van der Waals surface area contributed by atoms with E-state index in [0.717, 1.165) is 41.9 Å². The van der Waals surface area contributed by atoms with Gasteiger partial charge >= 0.3 is 0 Å². The second-order valence-corrected chi connectivity index (χ2v) is 6.76. The van der Waals surface area contributed by atoms with Crippen molar-refractivity contribution < 1.29 is 4.79 Å². The Labute approximate surface area is 127 Å². The van der Waals surface area contributed by atoms with Gasteiger partial charge in [0, 0.05) is 18.8 Å². The van der Waals surface area contributed by atoms with Gasteiger partial charge < -0.3 is 4.90 Å². The number of amides is 1. The highest BCUT2D eigenvalue weighted by Crippen LogP contribution is 2.36. The molecule has 1 saturated heterocycles. The number of aryl methyl sites for hydroxylation is 2. The van der Waals surface area contributed by atoms with Crippen molar-refractivity contribution in [1.29, 1.82) is 0 Å². The van der Waals surface area contributed by atoms with Crippen LogP contribution in [0.4, 0.5) is 0 Å². The van der Waals surface area contributed by atoms with Gasteiger partial charge in [0.05, 0.1) is 11.3 Å². The summed E-state index contributed by atoms with van der Waals surface area (Å²) in [5, 5.41) is 0. The van der Waals surface area contributed by atoms with Crippen molar-refractivity contribution in [2.45, 2.75) is 52.4 Å². The van der Waals surface area contributed by atoms with Gasteiger partial charge in [-0.2, -0.15) is 0 Å². The summed E-state index contributed by atoms with van der Waals surface area (Å²) >= 11 is 0. The molecule has 2 aliphatic rings. The lowest BCUT2D eigenvalue weighted by molar-refractivity contribution is 0.0657. The lowest BCUT2D eigenvalue weighted by atomic mass is 9.83. The third kappa shape index (κ3) is 3.12. The van der Waals surface area contributed by atoms with Gasteiger partial charge in [0.1, 0.15) is 0 Å². The molecule has 1 saturated carbocycles. The molecule has 0 radical (unpaired) electrons. The van der Waals surface area contributed by atoms with Crippen LogP contribution in [-0.2, 0) is 0 Å². The molecule has 114 valence electrons. The summed E-state index contributed by atoms with van der Waals surface area (Å²) in [5.74, 6) is 1.96. The number of rotatable bonds is 2. The van der Waals surface area contributed by atoms with Gasteiger partial charge in [-0.25, -0.2) is 0 Å². The number of pyridine rings is 1. The molecular formula is C18H26N2O. The first-order chi connectivity index (χ1) is 10.1. The van der Waals surface area contributed by atoms with Crippen LogP contribution in [0.15, 0.2) is 12.1 Å². The molecule has 0 atom stereocenters. The maximum atomic E-state index is 12.6. The van der Waals surface area contributed by atoms with Gasteiger partial charge in [-0.15, -0.1) is 0 Å². The molecule has 0 bridgehead atoms. The van der Waals surface area contributed by atoms with Gasteiger partial charge in [-0.3, -0.25) is 9.78 Å². The predicted octanol–water partition coefficient (Wildman–Crippen LogP) is 3.74. The first-order valence-electron chi connectivity index (χ1n) is 8.38. The monoisotopic (exact) mass is 286 g/mol. The Morgan fingerprint density at radius 2 is 1.67 bits per heavy atom. The molecule has 3 heteroatoms. The van der Waals surface area contributed by atoms with Crippen LogP contribution in [0.5, 0.6) is 0 Å². The molecule has 1 aliphatic heterocycles. The molecule has 0 unspecified atom stereocenters. The third-order valence-electron chi connectivity index (χ3n) is 5.35. The Morgan fingerprint density at radius 1 is 1.05 bits per heavy atom. The fourth-order valence-electron chi connectivity index (χ4n) is 4.09. The van der Waals surface area contributed by atoms with Crippen LogP contribution in [0.1, 0.15) is 60.3 Å². The van der Waals surface area contributed by atoms with E-state index in [1.54, 1.807) is 0 Å². The smallest absolute Gasteiger partial charge is 0.255 e. The van der Waals surface area contributed by atoms with E-state index in [0.29, 0.717) is 0 Å². The van der Waals surface area contributed by atoms with Gasteiger partial charge in [0.15, 0.2) is 0 Å². The van der Waals surface area contributed by atoms with Crippen molar-refractivity contribution >= 4 is 5.91 Å². The molecule has 2 heterocycles. The SMILES string of the molecule is Cc1ccc(C(=O)N2CCC(C3CCCC3)CC2)c(C)n1. The molecule has 1 amide bonds. The minimum Gasteiger partial charge on any atom is -0.339 e. The highest BCUT2D eigenvalue weighted by Gasteiger charge is 2.30. The molecular weight excluding hydrogens is 260 g/mol. The van der Waals surface area contributed by atoms with Crippen LogP contribution < -0.4 is 0 Å². The fraction of sp³-hybridized carbons (Fsp3) is 0.667. The zero-order valence-electron chi connectivity index (χ0n) is 13.3. The first-order valence-corrected chi connectivity index (χ1v) is 8.38. The minimum atomic E-state index is 0.171. The van der Waals surface area contributed by atoms with E-state index in [1.165, 1.54) is 38.5 Å². The molecule has 1 aromatic heterocycles. The Morgan fingerprint density at radius 3 is 2.29 bits per heavy atom. The lowest BCUT2D eigenvalue weighted by Crippen LogP contribution is -2.40. The average molecular weight is 286 g/mol. The largest absolute Gasteiger partial charge is 0.339 e. The number of aromatic nitrogens is 1. The summed E-state index contributed by atoms with van der Waals surface area (Å²) in [6, 6.07) is 3.87. The van der Waals surface area contributed by atoms with E-state index in [-0.39, 0.29) is 5.91 Å². The number of nitrogens with zero attached hydrogens (tertiary/aromatic N) is 2. The quantitative estimate of drug-likeness (QED) is 0.829. The predicted molar refractivity (Wildman–Crippen MR) is 84.3 cm³/mol. The Balaban J connectivity index is 1.62. The molecule has 21 heavy (non-hydrogen) atoms. The summed E-state index contributed by atoms with van der Waals surface area (Å²) in [5.41, 5.74) is 2.61. The summed E-state index contributed by atoms with van der Waals surface area (Å²) < 4.78 is 0. The summed E-state index contributed by atoms with van der Waals surface area (Å²) in [4.78, 5) is 19.1. The molecule has 2 fully saturated rings. The van der Waals surface area contributed by atoms with Crippen molar-refractivity contribution in [2.75, 3.05) is 13.1 Å². The maximum Gasteiger partial charge on any atom is 0.255 e. The average Bonchev–Trinajstić information content (AvgIpc) is 3.01. The van der Waals surface area contributed by atoms with E-state index in [4.69, 9.17) is 0 Å². The normalized spacial score (nSPS) is 21.0. The van der Waals surface area contributed by atoms with Crippen molar-refractivity contribution in [3.8, 4) is 0 Å². The van der Waals surface area contributed by atoms with E-state index in [9.17, 15) is 4.79 Å². The second-order valence-electron chi connectivity index (χ2n) is 6.76. The molecule has 1 aliphatic carbocycles. The lowest BCUT2D eigenvalue weighted by Gasteiger charge is -2.35. The molecule has 0 aromatic carbocycles. The number of hydrogen-bond acceptors (Lipinski definition) is 2. The van der Waals surface area contributed by atoms with Crippen LogP contribution in [0.25, 0.3) is 0 Å². The first kappa shape index (κ1) is 14.6. The summed E-state index contributed by atoms with van der Waals surface area (Å²) in [7, 11) is 0. The second kappa shape index (κ2) is 6.17. The Kier molecular flexibility index (Phi) is 4.27. The number of likely N-dealkylation sites (tertiary alicyclic amines) is 1. The molecule has 3 nitrogen and oxygen atoms in total. The standard InChI is InChI=1S/C18H26N2O/c1-13-7-8-17(14(2)19-13)18(21)20-11-9-16(10-12-20)15-5-3-4-6-15/h7-8,15-16H,3-6,9-12H2,1-2H3. The topological polar surface area (TPSA) is 33.2 Å². The van der Waals surface area contributed by atoms with Crippen LogP contribution in [0.2, 0.25) is 0 Å². The van der Waals surface area contributed by atoms with Gasteiger partial charge in [-0.1, -0.05) is 25.7 Å². The highest BCUT2D eigenvalue weighted by molar-refractivity contribution is 5.95. The Hall–Kier alpha value is -1.38. The zero-order chi connectivity index (χ0) is 14.8. The van der Waals surface area contributed by atoms with Crippen LogP contribution in [0.3, 0.4) is 0 Å². The van der Waals surface area contributed by atoms with Crippen molar-refractivity contribution in [1.82, 2.24) is 9.88 Å². The third-order valence-corrected chi connectivity index (χ3v) is 5.35. The van der Waals surface area contributed by atoms with Crippen LogP contribution in [0, 0.1) is 25.7 Å². The zero-order valence-corrected chi connectivity index (χ0v) is 13.3. The summed E-state index contributed by atoms with van der Waals surface area (Å²) in [6.07, 6.45) is 8.04. The highest BCUT2D eigenvalue weighted by atomic mass is 16.2. The van der Waals surface area contributed by atoms with Crippen LogP contribution >= 0.6 is 0 Å². The summed E-state index contributed by atoms with van der Waals surface area (Å²) in [6.45, 7) is 5.75. The fourth-order valence-corrected chi connectivity index (χ4v) is 4.09. The van der Waals surface area contributed by atoms with Crippen molar-refractivity contribution in [3.63, 3.8) is 0 Å². The van der Waals surface area contributed by atoms with Gasteiger partial charge in [0.25, 0.3) is 5.91 Å². The van der Waals surface area contributed by atoms with Crippen LogP contribution in [-0.4, -0.2) is 28.9 Å². The molecule has 1 aromatic rings. The molecule has 3 rings (SSSR count). The van der Waals surface area contributed by atoms with Crippen molar-refractivity contribution in [3.05, 3.63) is 29.1 Å². The molecule has 0 spiro atoms. The van der Waals surface area contributed by atoms with E-state index >= 15 is 0 Å². The number of carbonyl (C=O) groups is 1. The number of carbonyl (C=O) groups excluding carboxylic acids is 1. The van der Waals surface area contributed by atoms with Crippen molar-refractivity contribution in [2.24, 2.45) is 11.8 Å². The van der Waals surface area contributed by atoms with Gasteiger partial charge in [0.2, 0.25) is 0 Å². The van der Waals surface area contributed by atoms with E-state index in [1.807, 2.05) is 30.9 Å². The van der Waals surface area contributed by atoms with Gasteiger partial charge in [-0.05, 0) is 50.7 Å². The number of piperidine rings is 1. The number of hydrogen-bond donors (Lipinski definition) is 0. The minimum absolute atomic E-state index is 0.171. The molecule has 0 N–H and O–H groups in total. The van der Waals surface area contributed by atoms with E-state index in [2.05, 4.69) is 4.98 Å². The van der Waals surface area contributed by atoms with E-state index < -0.39 is 0 Å². The maximum absolute atomic E-state index is 12.6.